The molecular weight excluding hydrogens is 130 g/mol. The van der Waals surface area contributed by atoms with E-state index < -0.39 is 0 Å². The van der Waals surface area contributed by atoms with Crippen LogP contribution in [0.2, 0.25) is 0 Å². The summed E-state index contributed by atoms with van der Waals surface area (Å²) in [5.41, 5.74) is 0. The fourth-order valence-electron chi connectivity index (χ4n) is 0.673. The number of unbranched alkanes of at least 4 members (excludes halogenated alkanes) is 1. The Bertz CT molecular complexity index is 93.6. The predicted octanol–water partition coefficient (Wildman–Crippen LogP) is 0.723. The first-order valence-corrected chi connectivity index (χ1v) is 3.66. The lowest BCUT2D eigenvalue weighted by molar-refractivity contribution is -0.121. The normalized spacial score (nSPS) is 9.40. The minimum Gasteiger partial charge on any atom is -0.356 e. The molecule has 0 aliphatic carbocycles. The van der Waals surface area contributed by atoms with Crippen LogP contribution < -0.4 is 5.32 Å². The quantitative estimate of drug-likeness (QED) is 0.568. The fourth-order valence-corrected chi connectivity index (χ4v) is 0.673. The topological polar surface area (TPSA) is 49.0 Å². The minimum atomic E-state index is -0.0700. The van der Waals surface area contributed by atoms with Crippen molar-refractivity contribution < 1.29 is 9.90 Å². The molecule has 59 valence electrons. The smallest absolute Gasteiger partial charge is 0.219 e. The maximum absolute atomic E-state index is 10.7. The van der Waals surface area contributed by atoms with Crippen molar-refractivity contribution in [3.8, 4) is 0 Å². The molecule has 10 heavy (non-hydrogen) atoms. The molecule has 1 radical (unpaired) electrons. The summed E-state index contributed by atoms with van der Waals surface area (Å²) in [6.45, 7) is 2.49. The van der Waals surface area contributed by atoms with Crippen molar-refractivity contribution in [2.24, 2.45) is 0 Å². The Morgan fingerprint density at radius 3 is 2.60 bits per heavy atom. The van der Waals surface area contributed by atoms with E-state index in [9.17, 15) is 9.90 Å². The molecular formula is C7H14NO2. The van der Waals surface area contributed by atoms with E-state index in [0.717, 1.165) is 6.42 Å². The van der Waals surface area contributed by atoms with Crippen LogP contribution in [-0.4, -0.2) is 19.1 Å². The van der Waals surface area contributed by atoms with Crippen molar-refractivity contribution in [2.45, 2.75) is 26.2 Å². The van der Waals surface area contributed by atoms with Gasteiger partial charge in [0.1, 0.15) is 0 Å². The molecule has 0 saturated heterocycles. The Hall–Kier alpha value is -0.570. The standard InChI is InChI=1S/C7H14NO2/c1-2-8-7(10)5-3-4-6-9/h2-6H2,1H3,(H,8,10). The van der Waals surface area contributed by atoms with Gasteiger partial charge in [-0.15, -0.1) is 0 Å². The minimum absolute atomic E-state index is 0.0518. The van der Waals surface area contributed by atoms with Crippen LogP contribution in [0, 0.1) is 0 Å². The van der Waals surface area contributed by atoms with Gasteiger partial charge in [0.05, 0.1) is 6.61 Å². The number of carbonyl (C=O) groups excluding carboxylic acids is 1. The number of hydrogen-bond acceptors (Lipinski definition) is 1. The highest BCUT2D eigenvalue weighted by Crippen LogP contribution is 1.93. The van der Waals surface area contributed by atoms with Crippen LogP contribution in [0.3, 0.4) is 0 Å². The molecule has 0 aromatic rings. The van der Waals surface area contributed by atoms with Crippen molar-refractivity contribution in [2.75, 3.05) is 13.2 Å². The maximum Gasteiger partial charge on any atom is 0.219 e. The van der Waals surface area contributed by atoms with E-state index in [-0.39, 0.29) is 12.5 Å². The summed E-state index contributed by atoms with van der Waals surface area (Å²) in [7, 11) is 0. The van der Waals surface area contributed by atoms with E-state index in [1.807, 2.05) is 6.92 Å². The summed E-state index contributed by atoms with van der Waals surface area (Å²) in [5, 5.41) is 12.6. The van der Waals surface area contributed by atoms with Crippen molar-refractivity contribution in [1.29, 1.82) is 0 Å². The van der Waals surface area contributed by atoms with Gasteiger partial charge in [0.25, 0.3) is 0 Å². The Kier molecular flexibility index (Phi) is 6.18. The van der Waals surface area contributed by atoms with Gasteiger partial charge in [0.15, 0.2) is 0 Å². The second-order valence-corrected chi connectivity index (χ2v) is 2.11. The summed E-state index contributed by atoms with van der Waals surface area (Å²) in [6.07, 6.45) is 1.82. The molecule has 0 rings (SSSR count). The van der Waals surface area contributed by atoms with Crippen LogP contribution in [0.4, 0.5) is 0 Å². The molecule has 0 atom stereocenters. The molecule has 0 aliphatic rings. The zero-order valence-corrected chi connectivity index (χ0v) is 6.35. The molecule has 1 N–H and O–H groups in total. The molecule has 1 amide bonds. The van der Waals surface area contributed by atoms with Gasteiger partial charge in [-0.2, -0.15) is 0 Å². The molecule has 0 fully saturated rings. The van der Waals surface area contributed by atoms with E-state index in [1.54, 1.807) is 0 Å². The number of rotatable bonds is 5. The van der Waals surface area contributed by atoms with Gasteiger partial charge in [0.2, 0.25) is 5.91 Å². The Morgan fingerprint density at radius 2 is 2.10 bits per heavy atom. The van der Waals surface area contributed by atoms with E-state index >= 15 is 0 Å². The lowest BCUT2D eigenvalue weighted by atomic mass is 10.2. The Morgan fingerprint density at radius 1 is 1.40 bits per heavy atom. The van der Waals surface area contributed by atoms with Gasteiger partial charge < -0.3 is 5.32 Å². The highest BCUT2D eigenvalue weighted by molar-refractivity contribution is 5.75. The summed E-state index contributed by atoms with van der Waals surface area (Å²) < 4.78 is 0. The van der Waals surface area contributed by atoms with E-state index in [1.165, 1.54) is 0 Å². The number of amides is 1. The number of nitrogens with one attached hydrogen (secondary N) is 1. The first kappa shape index (κ1) is 9.43. The average molecular weight is 144 g/mol. The van der Waals surface area contributed by atoms with Gasteiger partial charge in [-0.25, -0.2) is 5.11 Å². The lowest BCUT2D eigenvalue weighted by Gasteiger charge is -1.98. The second kappa shape index (κ2) is 6.55. The maximum atomic E-state index is 10.7. The van der Waals surface area contributed by atoms with Crippen molar-refractivity contribution in [3.63, 3.8) is 0 Å². The molecule has 0 aromatic heterocycles. The number of carbonyl (C=O) groups is 1. The molecule has 3 nitrogen and oxygen atoms in total. The van der Waals surface area contributed by atoms with Crippen LogP contribution >= 0.6 is 0 Å². The monoisotopic (exact) mass is 144 g/mol. The molecule has 0 unspecified atom stereocenters. The van der Waals surface area contributed by atoms with E-state index in [2.05, 4.69) is 5.32 Å². The Labute approximate surface area is 61.4 Å². The average Bonchev–Trinajstić information content (AvgIpc) is 1.89. The lowest BCUT2D eigenvalue weighted by Crippen LogP contribution is -2.22. The van der Waals surface area contributed by atoms with E-state index in [4.69, 9.17) is 0 Å². The largest absolute Gasteiger partial charge is 0.356 e. The van der Waals surface area contributed by atoms with Gasteiger partial charge in [-0.1, -0.05) is 0 Å². The van der Waals surface area contributed by atoms with Crippen LogP contribution in [0.5, 0.6) is 0 Å². The molecule has 0 aliphatic heterocycles. The first-order chi connectivity index (χ1) is 4.81. The molecule has 0 bridgehead atoms. The molecule has 3 heteroatoms. The zero-order chi connectivity index (χ0) is 7.82. The summed E-state index contributed by atoms with van der Waals surface area (Å²) in [5.74, 6) is 0.0518. The molecule has 0 saturated carbocycles. The van der Waals surface area contributed by atoms with Crippen LogP contribution in [0.15, 0.2) is 0 Å². The third kappa shape index (κ3) is 5.56. The van der Waals surface area contributed by atoms with Crippen molar-refractivity contribution in [3.05, 3.63) is 0 Å². The van der Waals surface area contributed by atoms with Crippen LogP contribution in [-0.2, 0) is 9.90 Å². The molecule has 0 heterocycles. The molecule has 0 aromatic carbocycles. The first-order valence-electron chi connectivity index (χ1n) is 3.66. The molecule has 0 spiro atoms. The van der Waals surface area contributed by atoms with Crippen molar-refractivity contribution >= 4 is 5.91 Å². The Balaban J connectivity index is 3.05. The summed E-state index contributed by atoms with van der Waals surface area (Å²) in [6, 6.07) is 0. The van der Waals surface area contributed by atoms with Gasteiger partial charge >= 0.3 is 0 Å². The zero-order valence-electron chi connectivity index (χ0n) is 6.35. The highest BCUT2D eigenvalue weighted by atomic mass is 16.2. The van der Waals surface area contributed by atoms with Gasteiger partial charge in [-0.3, -0.25) is 4.79 Å². The van der Waals surface area contributed by atoms with E-state index in [0.29, 0.717) is 19.4 Å². The second-order valence-electron chi connectivity index (χ2n) is 2.11. The highest BCUT2D eigenvalue weighted by Gasteiger charge is 1.96. The van der Waals surface area contributed by atoms with Gasteiger partial charge in [-0.05, 0) is 19.8 Å². The van der Waals surface area contributed by atoms with Gasteiger partial charge in [0, 0.05) is 13.0 Å². The summed E-state index contributed by atoms with van der Waals surface area (Å²) in [4.78, 5) is 10.7. The SMILES string of the molecule is CCNC(=O)CCCC[O]. The van der Waals surface area contributed by atoms with Crippen molar-refractivity contribution in [1.82, 2.24) is 5.32 Å². The van der Waals surface area contributed by atoms with Crippen LogP contribution in [0.25, 0.3) is 0 Å². The number of hydrogen-bond donors (Lipinski definition) is 1. The van der Waals surface area contributed by atoms with Crippen LogP contribution in [0.1, 0.15) is 26.2 Å². The fraction of sp³-hybridized carbons (Fsp3) is 0.857. The third-order valence-electron chi connectivity index (χ3n) is 1.17. The summed E-state index contributed by atoms with van der Waals surface area (Å²) >= 11 is 0. The predicted molar refractivity (Wildman–Crippen MR) is 38.1 cm³/mol. The third-order valence-corrected chi connectivity index (χ3v) is 1.17.